The number of hydrogen-bond donors (Lipinski definition) is 0. The van der Waals surface area contributed by atoms with Crippen LogP contribution in [0.15, 0.2) is 24.3 Å². The molecule has 4 bridgehead atoms. The predicted octanol–water partition coefficient (Wildman–Crippen LogP) is 6.88. The summed E-state index contributed by atoms with van der Waals surface area (Å²) in [6.07, 6.45) is 9.39. The van der Waals surface area contributed by atoms with Crippen molar-refractivity contribution >= 4 is 18.4 Å². The zero-order chi connectivity index (χ0) is 17.3. The van der Waals surface area contributed by atoms with Crippen molar-refractivity contribution in [3.05, 3.63) is 35.4 Å². The van der Waals surface area contributed by atoms with E-state index in [9.17, 15) is 0 Å². The van der Waals surface area contributed by atoms with Crippen LogP contribution in [0.3, 0.4) is 0 Å². The Morgan fingerprint density at radius 3 is 2.08 bits per heavy atom. The summed E-state index contributed by atoms with van der Waals surface area (Å²) < 4.78 is 1.18. The molecule has 0 heterocycles. The van der Waals surface area contributed by atoms with E-state index in [4.69, 9.17) is 0 Å². The molecule has 136 valence electrons. The third kappa shape index (κ3) is 2.59. The van der Waals surface area contributed by atoms with Gasteiger partial charge in [-0.05, 0) is 0 Å². The minimum absolute atomic E-state index is 0.903. The summed E-state index contributed by atoms with van der Waals surface area (Å²) in [4.78, 5) is 8.26. The Labute approximate surface area is 159 Å². The van der Waals surface area contributed by atoms with Gasteiger partial charge in [-0.3, -0.25) is 0 Å². The molecule has 0 saturated heterocycles. The Hall–Kier alpha value is 0.0187. The molecule has 1 heteroatoms. The monoisotopic (exact) mass is 444 g/mol. The third-order valence-corrected chi connectivity index (χ3v) is 17.1. The van der Waals surface area contributed by atoms with Crippen LogP contribution < -0.4 is 0 Å². The molecule has 0 aromatic heterocycles. The van der Waals surface area contributed by atoms with Gasteiger partial charge in [-0.2, -0.15) is 0 Å². The van der Waals surface area contributed by atoms with E-state index in [0.717, 1.165) is 41.4 Å². The van der Waals surface area contributed by atoms with Crippen LogP contribution in [0, 0.1) is 42.4 Å². The van der Waals surface area contributed by atoms with E-state index in [0.29, 0.717) is 0 Å². The van der Waals surface area contributed by atoms with Crippen LogP contribution in [0.25, 0.3) is 0 Å². The topological polar surface area (TPSA) is 0 Å². The van der Waals surface area contributed by atoms with Crippen LogP contribution in [0.5, 0.6) is 0 Å². The van der Waals surface area contributed by atoms with Gasteiger partial charge in [0.2, 0.25) is 0 Å². The second kappa shape index (κ2) is 6.01. The van der Waals surface area contributed by atoms with E-state index >= 15 is 0 Å². The van der Waals surface area contributed by atoms with Crippen molar-refractivity contribution in [2.24, 2.45) is 35.5 Å². The van der Waals surface area contributed by atoms with Gasteiger partial charge in [0.05, 0.1) is 0 Å². The van der Waals surface area contributed by atoms with Gasteiger partial charge < -0.3 is 0 Å². The molecule has 4 fully saturated rings. The second-order valence-corrected chi connectivity index (χ2v) is 26.5. The van der Waals surface area contributed by atoms with Crippen molar-refractivity contribution in [2.45, 2.75) is 70.1 Å². The van der Waals surface area contributed by atoms with Crippen LogP contribution >= 0.6 is 0 Å². The first-order valence-electron chi connectivity index (χ1n) is 11.0. The molecule has 1 aromatic carbocycles. The van der Waals surface area contributed by atoms with Crippen LogP contribution in [0.1, 0.15) is 55.6 Å². The van der Waals surface area contributed by atoms with Crippen LogP contribution in [-0.4, -0.2) is 18.4 Å². The van der Waals surface area contributed by atoms with E-state index in [1.165, 1.54) is 10.4 Å². The van der Waals surface area contributed by atoms with E-state index < -0.39 is 18.4 Å². The first kappa shape index (κ1) is 17.1. The predicted molar refractivity (Wildman–Crippen MR) is 110 cm³/mol. The van der Waals surface area contributed by atoms with Gasteiger partial charge >= 0.3 is 159 Å². The van der Waals surface area contributed by atoms with E-state index in [2.05, 4.69) is 46.0 Å². The van der Waals surface area contributed by atoms with Crippen LogP contribution in [0.4, 0.5) is 0 Å². The fourth-order valence-electron chi connectivity index (χ4n) is 8.49. The first-order valence-corrected chi connectivity index (χ1v) is 21.2. The van der Waals surface area contributed by atoms with E-state index in [1.54, 1.807) is 43.2 Å². The Morgan fingerprint density at radius 1 is 0.760 bits per heavy atom. The number of aryl methyl sites for hydroxylation is 1. The van der Waals surface area contributed by atoms with Gasteiger partial charge in [-0.25, -0.2) is 0 Å². The average Bonchev–Trinajstić information content (AvgIpc) is 3.32. The number of hydrogen-bond acceptors (Lipinski definition) is 0. The normalized spacial score (nSPS) is 45.4. The van der Waals surface area contributed by atoms with Crippen LogP contribution in [0.2, 0.25) is 18.8 Å². The average molecular weight is 443 g/mol. The first-order chi connectivity index (χ1) is 11.9. The van der Waals surface area contributed by atoms with Gasteiger partial charge in [0, 0.05) is 0 Å². The number of fused-ring (bicyclic) bond motifs is 4. The molecule has 4 aliphatic carbocycles. The molecular weight excluding hydrogens is 407 g/mol. The molecule has 0 nitrogen and oxygen atoms in total. The molecule has 0 unspecified atom stereocenters. The van der Waals surface area contributed by atoms with Gasteiger partial charge in [0.25, 0.3) is 0 Å². The van der Waals surface area contributed by atoms with Gasteiger partial charge in [-0.15, -0.1) is 0 Å². The van der Waals surface area contributed by atoms with Crippen molar-refractivity contribution < 1.29 is 0 Å². The van der Waals surface area contributed by atoms with Gasteiger partial charge in [-0.1, -0.05) is 0 Å². The fourth-order valence-corrected chi connectivity index (χ4v) is 18.1. The summed E-state index contributed by atoms with van der Waals surface area (Å²) in [7, 11) is 0. The van der Waals surface area contributed by atoms with E-state index in [1.807, 2.05) is 0 Å². The summed E-state index contributed by atoms with van der Waals surface area (Å²) in [6, 6.07) is 9.43. The number of benzene rings is 1. The standard InChI is InChI=1S/C21H27.3CH3.Sn/c1-13-4-2-3-5-18(13)20-16-8-9-17(12-16)21(20)19-11-14-6-7-15(19)10-14;;;;/h2-5,11,14-17,19-21H,6-10,12H2,1H3;3*1H3;/t14-,15+,16-,17+,19+,20-,21+;;;;/m1..../s1. The molecule has 0 spiro atoms. The Bertz CT molecular complexity index is 656. The Morgan fingerprint density at radius 2 is 1.36 bits per heavy atom. The zero-order valence-corrected chi connectivity index (χ0v) is 19.5. The fraction of sp³-hybridized carbons (Fsp3) is 0.750. The maximum atomic E-state index is 2.75. The molecule has 1 aromatic rings. The van der Waals surface area contributed by atoms with Crippen LogP contribution in [-0.2, 0) is 0 Å². The molecule has 5 rings (SSSR count). The molecule has 0 radical (unpaired) electrons. The molecule has 4 saturated carbocycles. The molecule has 0 aliphatic heterocycles. The molecule has 0 amide bonds. The summed E-state index contributed by atoms with van der Waals surface area (Å²) in [5.41, 5.74) is 3.31. The second-order valence-electron chi connectivity index (χ2n) is 11.1. The Kier molecular flexibility index (Phi) is 4.12. The van der Waals surface area contributed by atoms with Crippen molar-refractivity contribution in [3.63, 3.8) is 0 Å². The van der Waals surface area contributed by atoms with Crippen molar-refractivity contribution in [1.82, 2.24) is 0 Å². The third-order valence-electron chi connectivity index (χ3n) is 8.95. The quantitative estimate of drug-likeness (QED) is 0.447. The minimum atomic E-state index is -1.88. The molecule has 25 heavy (non-hydrogen) atoms. The number of rotatable bonds is 3. The summed E-state index contributed by atoms with van der Waals surface area (Å²) >= 11 is -1.88. The molecular formula is C24H36Sn. The van der Waals surface area contributed by atoms with Gasteiger partial charge in [0.15, 0.2) is 0 Å². The molecule has 0 N–H and O–H groups in total. The Balaban J connectivity index is 1.56. The van der Waals surface area contributed by atoms with Crippen molar-refractivity contribution in [1.29, 1.82) is 0 Å². The maximum absolute atomic E-state index is 2.75. The van der Waals surface area contributed by atoms with Crippen molar-refractivity contribution in [2.75, 3.05) is 0 Å². The SMILES string of the molecule is Cc1ccccc1[C@H]1[C@@H]2CC[C@@H](C2)[C@H]1[C@@H]1[C@H]2CC[C@H](C2)[C@@H]1[Sn]([CH3])([CH3])[CH3]. The van der Waals surface area contributed by atoms with Gasteiger partial charge in [0.1, 0.15) is 0 Å². The van der Waals surface area contributed by atoms with E-state index in [-0.39, 0.29) is 0 Å². The summed E-state index contributed by atoms with van der Waals surface area (Å²) in [6.45, 7) is 2.37. The molecule has 8 atom stereocenters. The summed E-state index contributed by atoms with van der Waals surface area (Å²) in [5, 5.41) is 0. The van der Waals surface area contributed by atoms with Crippen molar-refractivity contribution in [3.8, 4) is 0 Å². The summed E-state index contributed by atoms with van der Waals surface area (Å²) in [5.74, 6) is 7.34. The zero-order valence-electron chi connectivity index (χ0n) is 16.7. The molecule has 4 aliphatic rings.